The van der Waals surface area contributed by atoms with E-state index in [1.54, 1.807) is 0 Å². The Labute approximate surface area is 183 Å². The Morgan fingerprint density at radius 2 is 1.90 bits per heavy atom. The van der Waals surface area contributed by atoms with E-state index in [2.05, 4.69) is 68.5 Å². The summed E-state index contributed by atoms with van der Waals surface area (Å²) in [4.78, 5) is 16.3. The highest BCUT2D eigenvalue weighted by Crippen LogP contribution is 2.22. The van der Waals surface area contributed by atoms with E-state index < -0.39 is 0 Å². The van der Waals surface area contributed by atoms with E-state index >= 15 is 0 Å². The minimum Gasteiger partial charge on any atom is -0.372 e. The molecule has 7 nitrogen and oxygen atoms in total. The van der Waals surface area contributed by atoms with E-state index in [-0.39, 0.29) is 12.2 Å². The maximum atomic E-state index is 5.82. The van der Waals surface area contributed by atoms with Crippen LogP contribution in [0.2, 0.25) is 0 Å². The van der Waals surface area contributed by atoms with Crippen molar-refractivity contribution in [3.05, 3.63) is 41.4 Å². The quantitative estimate of drug-likeness (QED) is 0.597. The van der Waals surface area contributed by atoms with Crippen molar-refractivity contribution in [1.82, 2.24) is 15.2 Å². The predicted octanol–water partition coefficient (Wildman–Crippen LogP) is 2.65. The number of guanidine groups is 1. The summed E-state index contributed by atoms with van der Waals surface area (Å²) in [6.45, 7) is 10.7. The molecule has 2 aliphatic heterocycles. The summed E-state index contributed by atoms with van der Waals surface area (Å²) in [7, 11) is 1.86. The molecule has 2 aromatic rings. The van der Waals surface area contributed by atoms with Crippen LogP contribution in [0.15, 0.2) is 40.8 Å². The number of morpholine rings is 1. The summed E-state index contributed by atoms with van der Waals surface area (Å²) in [5, 5.41) is 7.00. The monoisotopic (exact) mass is 428 g/mol. The molecule has 4 heterocycles. The zero-order chi connectivity index (χ0) is 20.9. The van der Waals surface area contributed by atoms with Gasteiger partial charge >= 0.3 is 0 Å². The van der Waals surface area contributed by atoms with Gasteiger partial charge in [0, 0.05) is 59.1 Å². The first-order valence-corrected chi connectivity index (χ1v) is 11.6. The van der Waals surface area contributed by atoms with Crippen molar-refractivity contribution in [2.75, 3.05) is 56.1 Å². The second-order valence-electron chi connectivity index (χ2n) is 8.01. The molecular weight excluding hydrogens is 396 g/mol. The van der Waals surface area contributed by atoms with Crippen LogP contribution in [0.4, 0.5) is 10.8 Å². The number of rotatable bonds is 4. The van der Waals surface area contributed by atoms with Crippen LogP contribution in [0.1, 0.15) is 19.4 Å². The first kappa shape index (κ1) is 20.9. The molecular formula is C22H32N6OS. The topological polar surface area (TPSA) is 56.2 Å². The first-order chi connectivity index (χ1) is 14.6. The van der Waals surface area contributed by atoms with Crippen LogP contribution >= 0.6 is 11.3 Å². The number of nitrogens with zero attached hydrogens (tertiary/aromatic N) is 5. The van der Waals surface area contributed by atoms with Gasteiger partial charge in [-0.15, -0.1) is 11.3 Å². The van der Waals surface area contributed by atoms with Gasteiger partial charge in [0.15, 0.2) is 5.96 Å². The Morgan fingerprint density at radius 3 is 2.50 bits per heavy atom. The number of aromatic nitrogens is 1. The molecule has 2 unspecified atom stereocenters. The lowest BCUT2D eigenvalue weighted by Crippen LogP contribution is -2.52. The summed E-state index contributed by atoms with van der Waals surface area (Å²) >= 11 is 1.81. The molecule has 1 N–H and O–H groups in total. The van der Waals surface area contributed by atoms with Gasteiger partial charge in [-0.25, -0.2) is 4.98 Å². The van der Waals surface area contributed by atoms with Crippen LogP contribution in [0.25, 0.3) is 0 Å². The number of aliphatic imine (C=N–C) groups is 1. The Morgan fingerprint density at radius 1 is 1.13 bits per heavy atom. The van der Waals surface area contributed by atoms with Crippen LogP contribution in [-0.2, 0) is 11.3 Å². The summed E-state index contributed by atoms with van der Waals surface area (Å²) in [5.74, 6) is 1.98. The normalized spacial score (nSPS) is 23.0. The maximum Gasteiger partial charge on any atom is 0.194 e. The van der Waals surface area contributed by atoms with Crippen LogP contribution < -0.4 is 15.1 Å². The fraction of sp³-hybridized carbons (Fsp3) is 0.545. The highest BCUT2D eigenvalue weighted by atomic mass is 32.1. The molecule has 0 saturated carbocycles. The van der Waals surface area contributed by atoms with Gasteiger partial charge in [0.2, 0.25) is 0 Å². The van der Waals surface area contributed by atoms with Crippen LogP contribution in [0, 0.1) is 0 Å². The van der Waals surface area contributed by atoms with Gasteiger partial charge in [-0.1, -0.05) is 6.07 Å². The Hall–Kier alpha value is -2.32. The van der Waals surface area contributed by atoms with Gasteiger partial charge in [0.05, 0.1) is 17.2 Å². The highest BCUT2D eigenvalue weighted by molar-refractivity contribution is 7.14. The molecule has 2 fully saturated rings. The molecule has 162 valence electrons. The third-order valence-corrected chi connectivity index (χ3v) is 6.54. The van der Waals surface area contributed by atoms with Crippen LogP contribution in [0.3, 0.4) is 0 Å². The number of hydrogen-bond donors (Lipinski definition) is 1. The fourth-order valence-electron chi connectivity index (χ4n) is 4.18. The summed E-state index contributed by atoms with van der Waals surface area (Å²) in [5.41, 5.74) is 1.16. The number of thiophene rings is 1. The minimum atomic E-state index is 0.237. The third-order valence-electron chi connectivity index (χ3n) is 5.61. The van der Waals surface area contributed by atoms with Crippen LogP contribution in [0.5, 0.6) is 0 Å². The van der Waals surface area contributed by atoms with Crippen molar-refractivity contribution in [3.63, 3.8) is 0 Å². The highest BCUT2D eigenvalue weighted by Gasteiger charge is 2.23. The molecule has 0 radical (unpaired) electrons. The molecule has 0 spiro atoms. The van der Waals surface area contributed by atoms with Gasteiger partial charge in [-0.2, -0.15) is 0 Å². The number of ether oxygens (including phenoxy) is 1. The van der Waals surface area contributed by atoms with Crippen molar-refractivity contribution in [2.45, 2.75) is 32.6 Å². The predicted molar refractivity (Wildman–Crippen MR) is 125 cm³/mol. The molecule has 2 atom stereocenters. The number of piperazine rings is 1. The lowest BCUT2D eigenvalue weighted by atomic mass is 10.2. The van der Waals surface area contributed by atoms with E-state index in [1.165, 1.54) is 5.00 Å². The fourth-order valence-corrected chi connectivity index (χ4v) is 4.96. The van der Waals surface area contributed by atoms with Gasteiger partial charge in [-0.05, 0) is 43.0 Å². The molecule has 2 aliphatic rings. The third kappa shape index (κ3) is 5.05. The molecule has 0 amide bonds. The second-order valence-corrected chi connectivity index (χ2v) is 8.94. The van der Waals surface area contributed by atoms with Gasteiger partial charge < -0.3 is 24.8 Å². The van der Waals surface area contributed by atoms with Crippen molar-refractivity contribution >= 4 is 28.1 Å². The minimum absolute atomic E-state index is 0.237. The Bertz CT molecular complexity index is 807. The SMILES string of the molecule is CN=C(NCc1ccc(N2CC(C)OC(C)C2)nc1)N1CCN(c2cccs2)CC1. The van der Waals surface area contributed by atoms with E-state index in [4.69, 9.17) is 9.72 Å². The van der Waals surface area contributed by atoms with Crippen LogP contribution in [-0.4, -0.2) is 74.4 Å². The number of hydrogen-bond acceptors (Lipinski definition) is 6. The van der Waals surface area contributed by atoms with Crippen molar-refractivity contribution in [3.8, 4) is 0 Å². The molecule has 0 aromatic carbocycles. The zero-order valence-electron chi connectivity index (χ0n) is 18.1. The summed E-state index contributed by atoms with van der Waals surface area (Å²) < 4.78 is 5.82. The van der Waals surface area contributed by atoms with E-state index in [9.17, 15) is 0 Å². The average Bonchev–Trinajstić information content (AvgIpc) is 3.29. The van der Waals surface area contributed by atoms with Crippen molar-refractivity contribution in [2.24, 2.45) is 4.99 Å². The molecule has 8 heteroatoms. The lowest BCUT2D eigenvalue weighted by molar-refractivity contribution is -0.00545. The molecule has 4 rings (SSSR count). The number of nitrogens with one attached hydrogen (secondary N) is 1. The second kappa shape index (κ2) is 9.66. The summed E-state index contributed by atoms with van der Waals surface area (Å²) in [6.07, 6.45) is 2.44. The number of pyridine rings is 1. The van der Waals surface area contributed by atoms with Crippen molar-refractivity contribution < 1.29 is 4.74 Å². The Kier molecular flexibility index (Phi) is 6.74. The van der Waals surface area contributed by atoms with E-state index in [1.807, 2.05) is 24.6 Å². The lowest BCUT2D eigenvalue weighted by Gasteiger charge is -2.37. The van der Waals surface area contributed by atoms with Gasteiger partial charge in [-0.3, -0.25) is 4.99 Å². The molecule has 0 bridgehead atoms. The van der Waals surface area contributed by atoms with Gasteiger partial charge in [0.1, 0.15) is 5.82 Å². The number of anilines is 2. The molecule has 0 aliphatic carbocycles. The molecule has 2 saturated heterocycles. The van der Waals surface area contributed by atoms with E-state index in [0.717, 1.165) is 63.2 Å². The first-order valence-electron chi connectivity index (χ1n) is 10.7. The summed E-state index contributed by atoms with van der Waals surface area (Å²) in [6, 6.07) is 8.58. The molecule has 2 aromatic heterocycles. The van der Waals surface area contributed by atoms with Gasteiger partial charge in [0.25, 0.3) is 0 Å². The van der Waals surface area contributed by atoms with Crippen molar-refractivity contribution in [1.29, 1.82) is 0 Å². The zero-order valence-corrected chi connectivity index (χ0v) is 18.9. The Balaban J connectivity index is 1.28. The smallest absolute Gasteiger partial charge is 0.194 e. The average molecular weight is 429 g/mol. The molecule has 30 heavy (non-hydrogen) atoms. The van der Waals surface area contributed by atoms with E-state index in [0.29, 0.717) is 0 Å². The largest absolute Gasteiger partial charge is 0.372 e. The maximum absolute atomic E-state index is 5.82. The standard InChI is InChI=1S/C22H32N6OS/c1-17-15-28(16-18(2)29-17)20-7-6-19(13-24-20)14-25-22(23-3)27-10-8-26(9-11-27)21-5-4-12-30-21/h4-7,12-13,17-18H,8-11,14-16H2,1-3H3,(H,23,25).